The van der Waals surface area contributed by atoms with Gasteiger partial charge in [0.25, 0.3) is 0 Å². The average Bonchev–Trinajstić information content (AvgIpc) is 2.14. The molecular formula is C3H6N4S. The first-order chi connectivity index (χ1) is 3.83. The van der Waals surface area contributed by atoms with Crippen molar-refractivity contribution in [2.75, 3.05) is 5.73 Å². The van der Waals surface area contributed by atoms with E-state index in [1.54, 1.807) is 0 Å². The molecule has 44 valence electrons. The molecule has 4 N–H and O–H groups in total. The molecule has 0 radical (unpaired) electrons. The van der Waals surface area contributed by atoms with Crippen molar-refractivity contribution in [1.29, 1.82) is 0 Å². The zero-order chi connectivity index (χ0) is 5.98. The minimum Gasteiger partial charge on any atom is -0.374 e. The van der Waals surface area contributed by atoms with Crippen LogP contribution in [-0.2, 0) is 6.54 Å². The number of anilines is 1. The number of rotatable bonds is 1. The fraction of sp³-hybridized carbons (Fsp3) is 0.333. The Kier molecular flexibility index (Phi) is 1.40. The molecule has 4 nitrogen and oxygen atoms in total. The normalized spacial score (nSPS) is 9.62. The van der Waals surface area contributed by atoms with Gasteiger partial charge in [-0.15, -0.1) is 10.2 Å². The van der Waals surface area contributed by atoms with Gasteiger partial charge in [-0.1, -0.05) is 11.3 Å². The smallest absolute Gasteiger partial charge is 0.203 e. The first kappa shape index (κ1) is 5.46. The van der Waals surface area contributed by atoms with Crippen LogP contribution < -0.4 is 11.5 Å². The van der Waals surface area contributed by atoms with Crippen LogP contribution in [0, 0.1) is 0 Å². The van der Waals surface area contributed by atoms with E-state index in [9.17, 15) is 0 Å². The largest absolute Gasteiger partial charge is 0.374 e. The van der Waals surface area contributed by atoms with E-state index < -0.39 is 0 Å². The number of nitrogens with zero attached hydrogens (tertiary/aromatic N) is 2. The first-order valence-corrected chi connectivity index (χ1v) is 2.92. The van der Waals surface area contributed by atoms with Gasteiger partial charge in [-0.3, -0.25) is 0 Å². The van der Waals surface area contributed by atoms with Crippen LogP contribution in [0.3, 0.4) is 0 Å². The van der Waals surface area contributed by atoms with Crippen molar-refractivity contribution < 1.29 is 0 Å². The third kappa shape index (κ3) is 0.932. The summed E-state index contributed by atoms with van der Waals surface area (Å²) < 4.78 is 0. The van der Waals surface area contributed by atoms with E-state index in [1.807, 2.05) is 0 Å². The molecule has 5 heteroatoms. The van der Waals surface area contributed by atoms with Crippen molar-refractivity contribution in [2.45, 2.75) is 6.54 Å². The van der Waals surface area contributed by atoms with Crippen LogP contribution in [0.25, 0.3) is 0 Å². The Labute approximate surface area is 50.5 Å². The average molecular weight is 130 g/mol. The number of nitrogens with two attached hydrogens (primary N) is 2. The molecule has 0 saturated carbocycles. The maximum atomic E-state index is 5.24. The van der Waals surface area contributed by atoms with Crippen LogP contribution in [0.4, 0.5) is 5.13 Å². The van der Waals surface area contributed by atoms with Crippen molar-refractivity contribution in [1.82, 2.24) is 10.2 Å². The van der Waals surface area contributed by atoms with Gasteiger partial charge in [0.15, 0.2) is 0 Å². The molecule has 0 spiro atoms. The summed E-state index contributed by atoms with van der Waals surface area (Å²) in [4.78, 5) is 0. The summed E-state index contributed by atoms with van der Waals surface area (Å²) in [5.74, 6) is 0. The zero-order valence-electron chi connectivity index (χ0n) is 4.16. The molecule has 0 aliphatic carbocycles. The Hall–Kier alpha value is -0.680. The Morgan fingerprint density at radius 2 is 2.25 bits per heavy atom. The Bertz CT molecular complexity index is 172. The molecule has 1 heterocycles. The summed E-state index contributed by atoms with van der Waals surface area (Å²) in [6.07, 6.45) is 0. The van der Waals surface area contributed by atoms with E-state index in [0.29, 0.717) is 11.7 Å². The van der Waals surface area contributed by atoms with Crippen molar-refractivity contribution >= 4 is 16.5 Å². The Morgan fingerprint density at radius 3 is 2.50 bits per heavy atom. The van der Waals surface area contributed by atoms with E-state index >= 15 is 0 Å². The first-order valence-electron chi connectivity index (χ1n) is 2.11. The lowest BCUT2D eigenvalue weighted by molar-refractivity contribution is 0.961. The highest BCUT2D eigenvalue weighted by Crippen LogP contribution is 2.08. The van der Waals surface area contributed by atoms with Crippen LogP contribution in [0.5, 0.6) is 0 Å². The standard InChI is InChI=1S/C3H6N4S/c4-1-2-6-7-3(5)8-2/h1,4H2,(H2,5,7). The van der Waals surface area contributed by atoms with Gasteiger partial charge in [-0.25, -0.2) is 0 Å². The van der Waals surface area contributed by atoms with Crippen LogP contribution in [0.2, 0.25) is 0 Å². The summed E-state index contributed by atoms with van der Waals surface area (Å²) in [5, 5.41) is 8.46. The summed E-state index contributed by atoms with van der Waals surface area (Å²) in [5.41, 5.74) is 10.5. The van der Waals surface area contributed by atoms with Gasteiger partial charge in [0, 0.05) is 6.54 Å². The lowest BCUT2D eigenvalue weighted by Gasteiger charge is -1.76. The van der Waals surface area contributed by atoms with Crippen LogP contribution in [-0.4, -0.2) is 10.2 Å². The molecule has 0 bridgehead atoms. The maximum absolute atomic E-state index is 5.24. The van der Waals surface area contributed by atoms with Crippen LogP contribution in [0.15, 0.2) is 0 Å². The van der Waals surface area contributed by atoms with Crippen molar-refractivity contribution in [3.05, 3.63) is 5.01 Å². The van der Waals surface area contributed by atoms with Gasteiger partial charge in [0.2, 0.25) is 5.13 Å². The van der Waals surface area contributed by atoms with Crippen LogP contribution in [0.1, 0.15) is 5.01 Å². The number of hydrogen-bond acceptors (Lipinski definition) is 5. The third-order valence-corrected chi connectivity index (χ3v) is 1.43. The van der Waals surface area contributed by atoms with Gasteiger partial charge < -0.3 is 11.5 Å². The fourth-order valence-corrected chi connectivity index (χ4v) is 0.837. The highest BCUT2D eigenvalue weighted by molar-refractivity contribution is 7.15. The van der Waals surface area contributed by atoms with E-state index in [0.717, 1.165) is 5.01 Å². The molecule has 1 aromatic heterocycles. The quantitative estimate of drug-likeness (QED) is 0.541. The minimum atomic E-state index is 0.425. The summed E-state index contributed by atoms with van der Waals surface area (Å²) in [6, 6.07) is 0. The van der Waals surface area contributed by atoms with Crippen LogP contribution >= 0.6 is 11.3 Å². The van der Waals surface area contributed by atoms with E-state index in [-0.39, 0.29) is 0 Å². The third-order valence-electron chi connectivity index (χ3n) is 0.657. The number of hydrogen-bond donors (Lipinski definition) is 2. The van der Waals surface area contributed by atoms with Gasteiger partial charge in [0.1, 0.15) is 5.01 Å². The Balaban J connectivity index is 2.84. The molecule has 1 aromatic rings. The van der Waals surface area contributed by atoms with Gasteiger partial charge in [-0.05, 0) is 0 Å². The Morgan fingerprint density at radius 1 is 1.50 bits per heavy atom. The molecule has 0 unspecified atom stereocenters. The lowest BCUT2D eigenvalue weighted by Crippen LogP contribution is -1.94. The highest BCUT2D eigenvalue weighted by atomic mass is 32.1. The topological polar surface area (TPSA) is 77.8 Å². The van der Waals surface area contributed by atoms with E-state index in [2.05, 4.69) is 10.2 Å². The number of nitrogen functional groups attached to an aromatic ring is 1. The highest BCUT2D eigenvalue weighted by Gasteiger charge is 1.94. The minimum absolute atomic E-state index is 0.425. The summed E-state index contributed by atoms with van der Waals surface area (Å²) in [6.45, 7) is 0.425. The SMILES string of the molecule is NCc1nnc(N)s1. The zero-order valence-corrected chi connectivity index (χ0v) is 4.98. The molecule has 1 rings (SSSR count). The molecule has 0 atom stereocenters. The molecule has 8 heavy (non-hydrogen) atoms. The second kappa shape index (κ2) is 2.06. The monoisotopic (exact) mass is 130 g/mol. The molecule has 0 aromatic carbocycles. The fourth-order valence-electron chi connectivity index (χ4n) is 0.349. The van der Waals surface area contributed by atoms with Crippen molar-refractivity contribution in [3.63, 3.8) is 0 Å². The van der Waals surface area contributed by atoms with E-state index in [1.165, 1.54) is 11.3 Å². The maximum Gasteiger partial charge on any atom is 0.203 e. The number of aromatic nitrogens is 2. The lowest BCUT2D eigenvalue weighted by atomic mass is 10.7. The molecular weight excluding hydrogens is 124 g/mol. The molecule has 0 fully saturated rings. The van der Waals surface area contributed by atoms with Gasteiger partial charge in [0.05, 0.1) is 0 Å². The van der Waals surface area contributed by atoms with E-state index in [4.69, 9.17) is 11.5 Å². The molecule has 0 aliphatic heterocycles. The second-order valence-corrected chi connectivity index (χ2v) is 2.33. The summed E-state index contributed by atoms with van der Waals surface area (Å²) >= 11 is 1.32. The second-order valence-electron chi connectivity index (χ2n) is 1.24. The predicted octanol–water partition coefficient (Wildman–Crippen LogP) is -0.421. The van der Waals surface area contributed by atoms with Gasteiger partial charge in [-0.2, -0.15) is 0 Å². The molecule has 0 aliphatic rings. The summed E-state index contributed by atoms with van der Waals surface area (Å²) in [7, 11) is 0. The van der Waals surface area contributed by atoms with Crippen molar-refractivity contribution in [3.8, 4) is 0 Å². The molecule has 0 saturated heterocycles. The van der Waals surface area contributed by atoms with Crippen molar-refractivity contribution in [2.24, 2.45) is 5.73 Å². The van der Waals surface area contributed by atoms with Gasteiger partial charge >= 0.3 is 0 Å². The predicted molar refractivity (Wildman–Crippen MR) is 32.2 cm³/mol. The molecule has 0 amide bonds.